The van der Waals surface area contributed by atoms with Gasteiger partial charge in [-0.3, -0.25) is 19.6 Å². The predicted molar refractivity (Wildman–Crippen MR) is 120 cm³/mol. The summed E-state index contributed by atoms with van der Waals surface area (Å²) >= 11 is 0. The Labute approximate surface area is 182 Å². The Kier molecular flexibility index (Phi) is 8.12. The highest BCUT2D eigenvalue weighted by atomic mass is 16.1. The second-order valence-corrected chi connectivity index (χ2v) is 9.40. The van der Waals surface area contributed by atoms with Gasteiger partial charge in [-0.05, 0) is 82.9 Å². The Bertz CT molecular complexity index is 640. The van der Waals surface area contributed by atoms with Gasteiger partial charge in [-0.15, -0.1) is 0 Å². The largest absolute Gasteiger partial charge is 0.355 e. The molecule has 4 heterocycles. The van der Waals surface area contributed by atoms with Gasteiger partial charge in [0, 0.05) is 44.6 Å². The van der Waals surface area contributed by atoms with Crippen LogP contribution in [-0.4, -0.2) is 84.0 Å². The SMILES string of the molecule is O=C(NCCN1CCCCC1)C1CCCN(C2CCN(Cc3cccnc3)CC2)C1. The Morgan fingerprint density at radius 3 is 2.60 bits per heavy atom. The smallest absolute Gasteiger partial charge is 0.224 e. The number of piperidine rings is 3. The average Bonchev–Trinajstić information content (AvgIpc) is 2.81. The van der Waals surface area contributed by atoms with Crippen LogP contribution in [0.5, 0.6) is 0 Å². The number of pyridine rings is 1. The van der Waals surface area contributed by atoms with Gasteiger partial charge < -0.3 is 10.2 Å². The molecule has 0 aromatic carbocycles. The van der Waals surface area contributed by atoms with Crippen molar-refractivity contribution in [2.24, 2.45) is 5.92 Å². The van der Waals surface area contributed by atoms with Crippen molar-refractivity contribution in [2.75, 3.05) is 52.4 Å². The number of hydrogen-bond donors (Lipinski definition) is 1. The van der Waals surface area contributed by atoms with Crippen LogP contribution in [0.2, 0.25) is 0 Å². The number of rotatable bonds is 7. The van der Waals surface area contributed by atoms with E-state index in [2.05, 4.69) is 31.1 Å². The van der Waals surface area contributed by atoms with E-state index >= 15 is 0 Å². The summed E-state index contributed by atoms with van der Waals surface area (Å²) in [6.07, 6.45) is 12.4. The van der Waals surface area contributed by atoms with Gasteiger partial charge in [0.1, 0.15) is 0 Å². The fourth-order valence-corrected chi connectivity index (χ4v) is 5.41. The summed E-state index contributed by atoms with van der Waals surface area (Å²) < 4.78 is 0. The zero-order chi connectivity index (χ0) is 20.6. The summed E-state index contributed by atoms with van der Waals surface area (Å²) in [4.78, 5) is 24.6. The van der Waals surface area contributed by atoms with Gasteiger partial charge in [-0.1, -0.05) is 12.5 Å². The molecular weight excluding hydrogens is 374 g/mol. The maximum Gasteiger partial charge on any atom is 0.224 e. The van der Waals surface area contributed by atoms with Crippen LogP contribution in [0.25, 0.3) is 0 Å². The number of likely N-dealkylation sites (tertiary alicyclic amines) is 3. The van der Waals surface area contributed by atoms with Crippen LogP contribution in [0.4, 0.5) is 0 Å². The number of nitrogens with one attached hydrogen (secondary N) is 1. The molecule has 4 rings (SSSR count). The molecule has 30 heavy (non-hydrogen) atoms. The molecule has 0 saturated carbocycles. The quantitative estimate of drug-likeness (QED) is 0.744. The predicted octanol–water partition coefficient (Wildman–Crippen LogP) is 2.36. The van der Waals surface area contributed by atoms with Gasteiger partial charge >= 0.3 is 0 Å². The number of amides is 1. The summed E-state index contributed by atoms with van der Waals surface area (Å²) in [6, 6.07) is 4.82. The summed E-state index contributed by atoms with van der Waals surface area (Å²) in [6.45, 7) is 9.61. The van der Waals surface area contributed by atoms with Crippen LogP contribution in [0.15, 0.2) is 24.5 Å². The van der Waals surface area contributed by atoms with Crippen molar-refractivity contribution in [3.05, 3.63) is 30.1 Å². The fraction of sp³-hybridized carbons (Fsp3) is 0.750. The van der Waals surface area contributed by atoms with E-state index in [0.717, 1.165) is 58.7 Å². The molecule has 6 heteroatoms. The van der Waals surface area contributed by atoms with E-state index in [4.69, 9.17) is 0 Å². The van der Waals surface area contributed by atoms with E-state index in [1.165, 1.54) is 50.8 Å². The van der Waals surface area contributed by atoms with Crippen LogP contribution in [0.1, 0.15) is 50.5 Å². The van der Waals surface area contributed by atoms with E-state index in [9.17, 15) is 4.79 Å². The van der Waals surface area contributed by atoms with Crippen LogP contribution in [-0.2, 0) is 11.3 Å². The molecule has 0 radical (unpaired) electrons. The Morgan fingerprint density at radius 2 is 1.83 bits per heavy atom. The lowest BCUT2D eigenvalue weighted by Crippen LogP contribution is -2.51. The second kappa shape index (κ2) is 11.2. The number of nitrogens with zero attached hydrogens (tertiary/aromatic N) is 4. The fourth-order valence-electron chi connectivity index (χ4n) is 5.41. The minimum absolute atomic E-state index is 0.175. The molecule has 1 aromatic rings. The van der Waals surface area contributed by atoms with Crippen molar-refractivity contribution in [2.45, 2.75) is 57.5 Å². The minimum Gasteiger partial charge on any atom is -0.355 e. The molecule has 1 aromatic heterocycles. The van der Waals surface area contributed by atoms with Gasteiger partial charge in [-0.2, -0.15) is 0 Å². The van der Waals surface area contributed by atoms with Gasteiger partial charge in [-0.25, -0.2) is 0 Å². The van der Waals surface area contributed by atoms with Gasteiger partial charge in [0.15, 0.2) is 0 Å². The van der Waals surface area contributed by atoms with Gasteiger partial charge in [0.2, 0.25) is 5.91 Å². The van der Waals surface area contributed by atoms with E-state index in [0.29, 0.717) is 6.04 Å². The van der Waals surface area contributed by atoms with Crippen LogP contribution in [0.3, 0.4) is 0 Å². The molecule has 3 saturated heterocycles. The topological polar surface area (TPSA) is 51.7 Å². The minimum atomic E-state index is 0.175. The summed E-state index contributed by atoms with van der Waals surface area (Å²) in [5.74, 6) is 0.458. The van der Waals surface area contributed by atoms with E-state index < -0.39 is 0 Å². The van der Waals surface area contributed by atoms with Crippen LogP contribution in [0, 0.1) is 5.92 Å². The molecule has 1 unspecified atom stereocenters. The highest BCUT2D eigenvalue weighted by Crippen LogP contribution is 2.24. The third-order valence-electron chi connectivity index (χ3n) is 7.20. The van der Waals surface area contributed by atoms with Crippen molar-refractivity contribution >= 4 is 5.91 Å². The zero-order valence-electron chi connectivity index (χ0n) is 18.5. The van der Waals surface area contributed by atoms with E-state index in [1.54, 1.807) is 0 Å². The lowest BCUT2D eigenvalue weighted by molar-refractivity contribution is -0.127. The second-order valence-electron chi connectivity index (χ2n) is 9.40. The van der Waals surface area contributed by atoms with Gasteiger partial charge in [0.05, 0.1) is 5.92 Å². The Morgan fingerprint density at radius 1 is 1.00 bits per heavy atom. The third-order valence-corrected chi connectivity index (χ3v) is 7.20. The van der Waals surface area contributed by atoms with Crippen molar-refractivity contribution in [3.63, 3.8) is 0 Å². The maximum absolute atomic E-state index is 12.8. The highest BCUT2D eigenvalue weighted by molar-refractivity contribution is 5.78. The van der Waals surface area contributed by atoms with Crippen molar-refractivity contribution in [3.8, 4) is 0 Å². The van der Waals surface area contributed by atoms with Gasteiger partial charge in [0.25, 0.3) is 0 Å². The first-order chi connectivity index (χ1) is 14.8. The Hall–Kier alpha value is -1.50. The lowest BCUT2D eigenvalue weighted by atomic mass is 9.93. The number of hydrogen-bond acceptors (Lipinski definition) is 5. The lowest BCUT2D eigenvalue weighted by Gasteiger charge is -2.42. The molecule has 1 N–H and O–H groups in total. The molecule has 0 aliphatic carbocycles. The summed E-state index contributed by atoms with van der Waals surface area (Å²) in [5.41, 5.74) is 1.30. The maximum atomic E-state index is 12.8. The molecule has 1 atom stereocenters. The first-order valence-electron chi connectivity index (χ1n) is 12.1. The number of carbonyl (C=O) groups excluding carboxylic acids is 1. The standard InChI is InChI=1S/C24H39N5O/c30-24(26-11-17-27-12-2-1-3-13-27)22-7-5-14-29(20-22)23-8-15-28(16-9-23)19-21-6-4-10-25-18-21/h4,6,10,18,22-23H,1-3,5,7-9,11-17,19-20H2,(H,26,30). The first-order valence-corrected chi connectivity index (χ1v) is 12.1. The molecular formula is C24H39N5O. The van der Waals surface area contributed by atoms with Crippen molar-refractivity contribution < 1.29 is 4.79 Å². The van der Waals surface area contributed by atoms with Crippen LogP contribution >= 0.6 is 0 Å². The van der Waals surface area contributed by atoms with Crippen molar-refractivity contribution in [1.29, 1.82) is 0 Å². The van der Waals surface area contributed by atoms with E-state index in [1.807, 2.05) is 18.5 Å². The third kappa shape index (κ3) is 6.25. The zero-order valence-corrected chi connectivity index (χ0v) is 18.5. The highest BCUT2D eigenvalue weighted by Gasteiger charge is 2.31. The Balaban J connectivity index is 1.17. The van der Waals surface area contributed by atoms with Crippen LogP contribution < -0.4 is 5.32 Å². The summed E-state index contributed by atoms with van der Waals surface area (Å²) in [7, 11) is 0. The molecule has 0 bridgehead atoms. The molecule has 6 nitrogen and oxygen atoms in total. The molecule has 0 spiro atoms. The molecule has 166 valence electrons. The molecule has 3 fully saturated rings. The molecule has 3 aliphatic heterocycles. The number of carbonyl (C=O) groups is 1. The molecule has 1 amide bonds. The molecule has 3 aliphatic rings. The van der Waals surface area contributed by atoms with E-state index in [-0.39, 0.29) is 11.8 Å². The average molecular weight is 414 g/mol. The number of aromatic nitrogens is 1. The normalized spacial score (nSPS) is 25.3. The monoisotopic (exact) mass is 413 g/mol. The first kappa shape index (κ1) is 21.7. The summed E-state index contributed by atoms with van der Waals surface area (Å²) in [5, 5.41) is 3.24. The van der Waals surface area contributed by atoms with Crippen molar-refractivity contribution in [1.82, 2.24) is 25.0 Å².